The van der Waals surface area contributed by atoms with Gasteiger partial charge >= 0.3 is 12.0 Å². The lowest BCUT2D eigenvalue weighted by molar-refractivity contribution is -0.134. The number of rotatable bonds is 4. The molecule has 0 atom stereocenters. The molecular weight excluding hydrogens is 186 g/mol. The van der Waals surface area contributed by atoms with Gasteiger partial charge in [-0.05, 0) is 6.92 Å². The van der Waals surface area contributed by atoms with Gasteiger partial charge in [-0.25, -0.2) is 4.98 Å². The third-order valence-corrected chi connectivity index (χ3v) is 1.44. The Kier molecular flexibility index (Phi) is 3.22. The predicted molar refractivity (Wildman–Crippen MR) is 49.4 cm³/mol. The molecule has 0 spiro atoms. The van der Waals surface area contributed by atoms with Crippen LogP contribution in [0.5, 0.6) is 6.01 Å². The van der Waals surface area contributed by atoms with E-state index in [1.807, 2.05) is 0 Å². The molecule has 76 valence electrons. The number of aromatic nitrogens is 2. The molecule has 1 aromatic rings. The number of carboxylic acid groups (broad SMARTS) is 1. The van der Waals surface area contributed by atoms with Gasteiger partial charge in [-0.3, -0.25) is 4.79 Å². The van der Waals surface area contributed by atoms with Crippen molar-refractivity contribution in [2.45, 2.75) is 6.92 Å². The molecule has 0 saturated carbocycles. The first-order valence-corrected chi connectivity index (χ1v) is 3.97. The lowest BCUT2D eigenvalue weighted by Gasteiger charge is -2.05. The second-order valence-electron chi connectivity index (χ2n) is 2.63. The van der Waals surface area contributed by atoms with Gasteiger partial charge in [0, 0.05) is 11.8 Å². The Morgan fingerprint density at radius 1 is 1.64 bits per heavy atom. The Morgan fingerprint density at radius 2 is 2.36 bits per heavy atom. The number of carbonyl (C=O) groups is 1. The minimum atomic E-state index is -0.944. The maximum Gasteiger partial charge on any atom is 0.322 e. The van der Waals surface area contributed by atoms with Gasteiger partial charge in [0.1, 0.15) is 12.4 Å². The monoisotopic (exact) mass is 197 g/mol. The molecule has 0 saturated heterocycles. The standard InChI is InChI=1S/C8H11N3O3/c1-5-3-6(9-4-7(12)13)11-8(10-5)14-2/h3H,4H2,1-2H3,(H,12,13)(H,9,10,11). The lowest BCUT2D eigenvalue weighted by Crippen LogP contribution is -2.13. The van der Waals surface area contributed by atoms with Crippen LogP contribution in [0.1, 0.15) is 5.69 Å². The molecule has 0 amide bonds. The Morgan fingerprint density at radius 3 is 2.93 bits per heavy atom. The number of hydrogen-bond donors (Lipinski definition) is 2. The molecule has 0 fully saturated rings. The van der Waals surface area contributed by atoms with Crippen LogP contribution in [0.25, 0.3) is 0 Å². The molecule has 0 aliphatic heterocycles. The fraction of sp³-hybridized carbons (Fsp3) is 0.375. The number of aliphatic carboxylic acids is 1. The molecule has 0 aliphatic carbocycles. The van der Waals surface area contributed by atoms with Crippen molar-refractivity contribution in [3.05, 3.63) is 11.8 Å². The molecule has 0 aliphatic rings. The molecule has 2 N–H and O–H groups in total. The van der Waals surface area contributed by atoms with E-state index < -0.39 is 5.97 Å². The maximum atomic E-state index is 10.3. The molecule has 14 heavy (non-hydrogen) atoms. The molecule has 0 unspecified atom stereocenters. The first kappa shape index (κ1) is 10.2. The first-order chi connectivity index (χ1) is 6.61. The van der Waals surface area contributed by atoms with Crippen LogP contribution in [0.4, 0.5) is 5.82 Å². The Bertz CT molecular complexity index is 341. The minimum Gasteiger partial charge on any atom is -0.480 e. The topological polar surface area (TPSA) is 84.3 Å². The van der Waals surface area contributed by atoms with Crippen molar-refractivity contribution in [2.24, 2.45) is 0 Å². The Balaban J connectivity index is 2.76. The van der Waals surface area contributed by atoms with Crippen LogP contribution in [0.15, 0.2) is 6.07 Å². The van der Waals surface area contributed by atoms with Gasteiger partial charge in [0.05, 0.1) is 7.11 Å². The van der Waals surface area contributed by atoms with Crippen LogP contribution in [0, 0.1) is 6.92 Å². The highest BCUT2D eigenvalue weighted by atomic mass is 16.5. The molecule has 0 bridgehead atoms. The van der Waals surface area contributed by atoms with E-state index in [0.29, 0.717) is 11.5 Å². The van der Waals surface area contributed by atoms with E-state index in [1.165, 1.54) is 7.11 Å². The molecule has 0 radical (unpaired) electrons. The Labute approximate surface area is 80.9 Å². The van der Waals surface area contributed by atoms with E-state index in [1.54, 1.807) is 13.0 Å². The van der Waals surface area contributed by atoms with Crippen molar-refractivity contribution >= 4 is 11.8 Å². The zero-order chi connectivity index (χ0) is 10.6. The van der Waals surface area contributed by atoms with Gasteiger partial charge in [-0.1, -0.05) is 0 Å². The molecule has 1 rings (SSSR count). The quantitative estimate of drug-likeness (QED) is 0.721. The highest BCUT2D eigenvalue weighted by Crippen LogP contribution is 2.10. The first-order valence-electron chi connectivity index (χ1n) is 3.97. The molecule has 0 aromatic carbocycles. The summed E-state index contributed by atoms with van der Waals surface area (Å²) in [5, 5.41) is 11.1. The molecular formula is C8H11N3O3. The SMILES string of the molecule is COc1nc(C)cc(NCC(=O)O)n1. The van der Waals surface area contributed by atoms with Gasteiger partial charge in [0.15, 0.2) is 0 Å². The average Bonchev–Trinajstić information content (AvgIpc) is 2.14. The van der Waals surface area contributed by atoms with Gasteiger partial charge in [-0.2, -0.15) is 4.98 Å². The van der Waals surface area contributed by atoms with Gasteiger partial charge < -0.3 is 15.2 Å². The predicted octanol–water partition coefficient (Wildman–Crippen LogP) is 0.290. The van der Waals surface area contributed by atoms with Crippen LogP contribution in [0.3, 0.4) is 0 Å². The van der Waals surface area contributed by atoms with E-state index in [4.69, 9.17) is 9.84 Å². The normalized spacial score (nSPS) is 9.57. The highest BCUT2D eigenvalue weighted by Gasteiger charge is 2.02. The van der Waals surface area contributed by atoms with Crippen molar-refractivity contribution < 1.29 is 14.6 Å². The number of hydrogen-bond acceptors (Lipinski definition) is 5. The van der Waals surface area contributed by atoms with E-state index >= 15 is 0 Å². The maximum absolute atomic E-state index is 10.3. The number of anilines is 1. The summed E-state index contributed by atoms with van der Waals surface area (Å²) >= 11 is 0. The van der Waals surface area contributed by atoms with Crippen LogP contribution >= 0.6 is 0 Å². The fourth-order valence-electron chi connectivity index (χ4n) is 0.889. The summed E-state index contributed by atoms with van der Waals surface area (Å²) in [5.74, 6) is -0.503. The number of nitrogens with zero attached hydrogens (tertiary/aromatic N) is 2. The number of aryl methyl sites for hydroxylation is 1. The summed E-state index contributed by atoms with van der Waals surface area (Å²) in [6, 6.07) is 1.86. The second-order valence-corrected chi connectivity index (χ2v) is 2.63. The minimum absolute atomic E-state index is 0.181. The number of methoxy groups -OCH3 is 1. The number of carboxylic acids is 1. The van der Waals surface area contributed by atoms with Crippen LogP contribution < -0.4 is 10.1 Å². The highest BCUT2D eigenvalue weighted by molar-refractivity contribution is 5.72. The van der Waals surface area contributed by atoms with Crippen molar-refractivity contribution in [2.75, 3.05) is 19.0 Å². The summed E-state index contributed by atoms with van der Waals surface area (Å²) in [6.45, 7) is 1.59. The fourth-order valence-corrected chi connectivity index (χ4v) is 0.889. The summed E-state index contributed by atoms with van der Waals surface area (Å²) in [5.41, 5.74) is 0.713. The molecule has 6 nitrogen and oxygen atoms in total. The van der Waals surface area contributed by atoms with Gasteiger partial charge in [0.25, 0.3) is 0 Å². The van der Waals surface area contributed by atoms with Crippen LogP contribution in [0.2, 0.25) is 0 Å². The zero-order valence-corrected chi connectivity index (χ0v) is 7.94. The summed E-state index contributed by atoms with van der Waals surface area (Å²) in [7, 11) is 1.45. The van der Waals surface area contributed by atoms with Crippen molar-refractivity contribution in [1.82, 2.24) is 9.97 Å². The van der Waals surface area contributed by atoms with Gasteiger partial charge in [0.2, 0.25) is 0 Å². The van der Waals surface area contributed by atoms with Crippen LogP contribution in [-0.4, -0.2) is 34.7 Å². The van der Waals surface area contributed by atoms with Crippen LogP contribution in [-0.2, 0) is 4.79 Å². The molecule has 1 heterocycles. The average molecular weight is 197 g/mol. The van der Waals surface area contributed by atoms with Crippen molar-refractivity contribution in [1.29, 1.82) is 0 Å². The lowest BCUT2D eigenvalue weighted by atomic mass is 10.4. The van der Waals surface area contributed by atoms with Crippen molar-refractivity contribution in [3.63, 3.8) is 0 Å². The largest absolute Gasteiger partial charge is 0.480 e. The third-order valence-electron chi connectivity index (χ3n) is 1.44. The number of nitrogens with one attached hydrogen (secondary N) is 1. The Hall–Kier alpha value is -1.85. The number of ether oxygens (including phenoxy) is 1. The smallest absolute Gasteiger partial charge is 0.322 e. The molecule has 1 aromatic heterocycles. The third kappa shape index (κ3) is 2.89. The van der Waals surface area contributed by atoms with Gasteiger partial charge in [-0.15, -0.1) is 0 Å². The van der Waals surface area contributed by atoms with E-state index in [0.717, 1.165) is 0 Å². The van der Waals surface area contributed by atoms with E-state index in [9.17, 15) is 4.79 Å². The summed E-state index contributed by atoms with van der Waals surface area (Å²) in [6.07, 6.45) is 0. The van der Waals surface area contributed by atoms with E-state index in [2.05, 4.69) is 15.3 Å². The zero-order valence-electron chi connectivity index (χ0n) is 7.94. The van der Waals surface area contributed by atoms with E-state index in [-0.39, 0.29) is 12.6 Å². The molecule has 6 heteroatoms. The second kappa shape index (κ2) is 4.40. The van der Waals surface area contributed by atoms with Crippen molar-refractivity contribution in [3.8, 4) is 6.01 Å². The summed E-state index contributed by atoms with van der Waals surface area (Å²) < 4.78 is 4.83. The summed E-state index contributed by atoms with van der Waals surface area (Å²) in [4.78, 5) is 18.1.